The number of hydrogen-bond acceptors (Lipinski definition) is 5. The van der Waals surface area contributed by atoms with Crippen LogP contribution >= 0.6 is 0 Å². The molecule has 3 rings (SSSR count). The molecule has 0 aliphatic carbocycles. The summed E-state index contributed by atoms with van der Waals surface area (Å²) in [7, 11) is 0. The van der Waals surface area contributed by atoms with Gasteiger partial charge in [-0.15, -0.1) is 0 Å². The predicted molar refractivity (Wildman–Crippen MR) is 133 cm³/mol. The van der Waals surface area contributed by atoms with Crippen molar-refractivity contribution < 1.29 is 24.2 Å². The molecule has 0 bridgehead atoms. The van der Waals surface area contributed by atoms with Crippen LogP contribution < -0.4 is 15.0 Å². The zero-order chi connectivity index (χ0) is 24.5. The van der Waals surface area contributed by atoms with E-state index >= 15 is 0 Å². The highest BCUT2D eigenvalue weighted by molar-refractivity contribution is 5.91. The molecule has 0 radical (unpaired) electrons. The summed E-state index contributed by atoms with van der Waals surface area (Å²) in [5, 5.41) is 12.5. The standard InChI is InChI=1S/C27H36N2O5/c1-4-33-25-16-20(12-13-22(25)27(31)32)17-26(30)28-23(18-34-19(2)3)21-10-6-7-11-24(21)29-14-8-5-9-15-29/h6-7,10-13,16,19,23H,4-5,8-9,14-15,17-18H2,1-3H3,(H,28,30)(H,31,32). The summed E-state index contributed by atoms with van der Waals surface area (Å²) >= 11 is 0. The van der Waals surface area contributed by atoms with Gasteiger partial charge in [0.25, 0.3) is 0 Å². The minimum absolute atomic E-state index is 0.0406. The van der Waals surface area contributed by atoms with E-state index < -0.39 is 5.97 Å². The Morgan fingerprint density at radius 3 is 2.50 bits per heavy atom. The average Bonchev–Trinajstić information content (AvgIpc) is 2.82. The zero-order valence-electron chi connectivity index (χ0n) is 20.4. The fourth-order valence-corrected chi connectivity index (χ4v) is 4.26. The largest absolute Gasteiger partial charge is 0.493 e. The van der Waals surface area contributed by atoms with Crippen molar-refractivity contribution >= 4 is 17.6 Å². The maximum absolute atomic E-state index is 13.1. The second kappa shape index (κ2) is 12.4. The van der Waals surface area contributed by atoms with Gasteiger partial charge in [-0.2, -0.15) is 0 Å². The molecule has 1 unspecified atom stereocenters. The molecule has 184 valence electrons. The van der Waals surface area contributed by atoms with E-state index in [-0.39, 0.29) is 35.8 Å². The van der Waals surface area contributed by atoms with Crippen LogP contribution in [0.1, 0.15) is 67.6 Å². The van der Waals surface area contributed by atoms with E-state index in [9.17, 15) is 14.7 Å². The van der Waals surface area contributed by atoms with E-state index in [1.54, 1.807) is 19.1 Å². The van der Waals surface area contributed by atoms with E-state index in [1.807, 2.05) is 26.0 Å². The lowest BCUT2D eigenvalue weighted by Crippen LogP contribution is -2.36. The molecule has 2 N–H and O–H groups in total. The topological polar surface area (TPSA) is 88.1 Å². The number of nitrogens with zero attached hydrogens (tertiary/aromatic N) is 1. The number of ether oxygens (including phenoxy) is 2. The number of amides is 1. The SMILES string of the molecule is CCOc1cc(CC(=O)NC(COC(C)C)c2ccccc2N2CCCCC2)ccc1C(=O)O. The van der Waals surface area contributed by atoms with Gasteiger partial charge in [-0.1, -0.05) is 24.3 Å². The molecular formula is C27H36N2O5. The lowest BCUT2D eigenvalue weighted by molar-refractivity contribution is -0.121. The molecule has 1 aliphatic heterocycles. The normalized spacial score (nSPS) is 14.6. The summed E-state index contributed by atoms with van der Waals surface area (Å²) in [5.74, 6) is -0.938. The summed E-state index contributed by atoms with van der Waals surface area (Å²) < 4.78 is 11.4. The van der Waals surface area contributed by atoms with Crippen LogP contribution in [0.15, 0.2) is 42.5 Å². The molecule has 1 fully saturated rings. The highest BCUT2D eigenvalue weighted by Crippen LogP contribution is 2.29. The van der Waals surface area contributed by atoms with Crippen molar-refractivity contribution in [1.82, 2.24) is 5.32 Å². The van der Waals surface area contributed by atoms with Crippen molar-refractivity contribution in [3.63, 3.8) is 0 Å². The Morgan fingerprint density at radius 2 is 1.82 bits per heavy atom. The molecule has 1 atom stereocenters. The first-order chi connectivity index (χ1) is 16.4. The first-order valence-electron chi connectivity index (χ1n) is 12.1. The number of piperidine rings is 1. The quantitative estimate of drug-likeness (QED) is 0.501. The van der Waals surface area contributed by atoms with E-state index in [1.165, 1.54) is 25.3 Å². The maximum atomic E-state index is 13.1. The molecule has 1 heterocycles. The van der Waals surface area contributed by atoms with Gasteiger partial charge >= 0.3 is 5.97 Å². The number of carbonyl (C=O) groups is 2. The van der Waals surface area contributed by atoms with Crippen LogP contribution in [0, 0.1) is 0 Å². The number of aromatic carboxylic acids is 1. The molecule has 7 heteroatoms. The molecule has 7 nitrogen and oxygen atoms in total. The van der Waals surface area contributed by atoms with Crippen molar-refractivity contribution in [2.75, 3.05) is 31.2 Å². The first kappa shape index (κ1) is 25.6. The summed E-state index contributed by atoms with van der Waals surface area (Å²) in [4.78, 5) is 26.9. The van der Waals surface area contributed by atoms with Gasteiger partial charge in [-0.25, -0.2) is 4.79 Å². The van der Waals surface area contributed by atoms with Gasteiger partial charge in [0, 0.05) is 24.3 Å². The van der Waals surface area contributed by atoms with Gasteiger partial charge in [0.2, 0.25) is 5.91 Å². The number of nitrogens with one attached hydrogen (secondary N) is 1. The molecule has 1 saturated heterocycles. The third kappa shape index (κ3) is 6.97. The number of benzene rings is 2. The Labute approximate surface area is 202 Å². The third-order valence-corrected chi connectivity index (χ3v) is 5.88. The number of para-hydroxylation sites is 1. The van der Waals surface area contributed by atoms with E-state index in [0.717, 1.165) is 24.3 Å². The molecule has 0 saturated carbocycles. The minimum Gasteiger partial charge on any atom is -0.493 e. The number of carboxylic acid groups (broad SMARTS) is 1. The van der Waals surface area contributed by atoms with Crippen molar-refractivity contribution in [3.05, 3.63) is 59.2 Å². The number of carbonyl (C=O) groups excluding carboxylic acids is 1. The fraction of sp³-hybridized carbons (Fsp3) is 0.481. The minimum atomic E-state index is -1.06. The highest BCUT2D eigenvalue weighted by atomic mass is 16.5. The van der Waals surface area contributed by atoms with Crippen LogP contribution in [0.5, 0.6) is 5.75 Å². The van der Waals surface area contributed by atoms with Crippen LogP contribution in [0.2, 0.25) is 0 Å². The molecule has 1 aliphatic rings. The summed E-state index contributed by atoms with van der Waals surface area (Å²) in [6.45, 7) is 8.50. The van der Waals surface area contributed by atoms with Crippen LogP contribution in [0.4, 0.5) is 5.69 Å². The Bertz CT molecular complexity index is 969. The number of hydrogen-bond donors (Lipinski definition) is 2. The number of rotatable bonds is 11. The van der Waals surface area contributed by atoms with Crippen molar-refractivity contribution in [2.24, 2.45) is 0 Å². The van der Waals surface area contributed by atoms with Gasteiger partial charge in [-0.05, 0) is 63.8 Å². The molecule has 34 heavy (non-hydrogen) atoms. The molecule has 0 spiro atoms. The fourth-order valence-electron chi connectivity index (χ4n) is 4.26. The predicted octanol–water partition coefficient (Wildman–Crippen LogP) is 4.60. The summed E-state index contributed by atoms with van der Waals surface area (Å²) in [6, 6.07) is 12.7. The van der Waals surface area contributed by atoms with Gasteiger partial charge in [0.15, 0.2) is 0 Å². The van der Waals surface area contributed by atoms with Crippen molar-refractivity contribution in [3.8, 4) is 5.75 Å². The summed E-state index contributed by atoms with van der Waals surface area (Å²) in [5.41, 5.74) is 2.97. The van der Waals surface area contributed by atoms with E-state index in [4.69, 9.17) is 9.47 Å². The third-order valence-electron chi connectivity index (χ3n) is 5.88. The van der Waals surface area contributed by atoms with Crippen LogP contribution in [-0.4, -0.2) is 49.4 Å². The number of anilines is 1. The van der Waals surface area contributed by atoms with Crippen molar-refractivity contribution in [2.45, 2.75) is 58.6 Å². The Hall–Kier alpha value is -3.06. The monoisotopic (exact) mass is 468 g/mol. The van der Waals surface area contributed by atoms with E-state index in [2.05, 4.69) is 22.3 Å². The first-order valence-corrected chi connectivity index (χ1v) is 12.1. The average molecular weight is 469 g/mol. The van der Waals surface area contributed by atoms with Crippen LogP contribution in [0.25, 0.3) is 0 Å². The van der Waals surface area contributed by atoms with Crippen LogP contribution in [0.3, 0.4) is 0 Å². The van der Waals surface area contributed by atoms with Gasteiger partial charge in [0.05, 0.1) is 31.8 Å². The number of carboxylic acids is 1. The van der Waals surface area contributed by atoms with Crippen LogP contribution in [-0.2, 0) is 16.0 Å². The second-order valence-electron chi connectivity index (χ2n) is 8.85. The zero-order valence-corrected chi connectivity index (χ0v) is 20.4. The molecule has 0 aromatic heterocycles. The second-order valence-corrected chi connectivity index (χ2v) is 8.85. The lowest BCUT2D eigenvalue weighted by Gasteiger charge is -2.33. The van der Waals surface area contributed by atoms with Crippen molar-refractivity contribution in [1.29, 1.82) is 0 Å². The Kier molecular flexibility index (Phi) is 9.33. The molecular weight excluding hydrogens is 432 g/mol. The van der Waals surface area contributed by atoms with Gasteiger partial charge in [-0.3, -0.25) is 4.79 Å². The summed E-state index contributed by atoms with van der Waals surface area (Å²) in [6.07, 6.45) is 3.74. The molecule has 2 aromatic rings. The molecule has 2 aromatic carbocycles. The maximum Gasteiger partial charge on any atom is 0.339 e. The smallest absolute Gasteiger partial charge is 0.339 e. The van der Waals surface area contributed by atoms with E-state index in [0.29, 0.717) is 18.8 Å². The Balaban J connectivity index is 1.80. The molecule has 1 amide bonds. The highest BCUT2D eigenvalue weighted by Gasteiger charge is 2.23. The van der Waals surface area contributed by atoms with Gasteiger partial charge in [0.1, 0.15) is 11.3 Å². The lowest BCUT2D eigenvalue weighted by atomic mass is 10.0. The van der Waals surface area contributed by atoms with Gasteiger partial charge < -0.3 is 24.8 Å². The Morgan fingerprint density at radius 1 is 1.09 bits per heavy atom.